The second kappa shape index (κ2) is 11.9. The number of allylic oxidation sites excluding steroid dienone is 1. The summed E-state index contributed by atoms with van der Waals surface area (Å²) in [6.45, 7) is 2.80. The molecule has 4 amide bonds. The van der Waals surface area contributed by atoms with Crippen LogP contribution in [0.1, 0.15) is 62.1 Å². The number of esters is 1. The molecule has 2 heterocycles. The van der Waals surface area contributed by atoms with Gasteiger partial charge in [-0.05, 0) is 74.3 Å². The number of hydrogen-bond donors (Lipinski definition) is 2. The highest BCUT2D eigenvalue weighted by Gasteiger charge is 2.43. The van der Waals surface area contributed by atoms with Gasteiger partial charge in [-0.3, -0.25) is 4.90 Å². The van der Waals surface area contributed by atoms with E-state index in [-0.39, 0.29) is 34.6 Å². The van der Waals surface area contributed by atoms with Crippen LogP contribution in [0.2, 0.25) is 0 Å². The van der Waals surface area contributed by atoms with E-state index >= 15 is 0 Å². The number of nitrogens with one attached hydrogen (secondary N) is 2. The Morgan fingerprint density at radius 3 is 2.39 bits per heavy atom. The van der Waals surface area contributed by atoms with Crippen molar-refractivity contribution in [3.63, 3.8) is 0 Å². The van der Waals surface area contributed by atoms with Gasteiger partial charge in [0.05, 0.1) is 12.7 Å². The fourth-order valence-corrected chi connectivity index (χ4v) is 6.36. The van der Waals surface area contributed by atoms with Gasteiger partial charge in [0.1, 0.15) is 11.9 Å². The molecular weight excluding hydrogens is 537 g/mol. The van der Waals surface area contributed by atoms with Crippen molar-refractivity contribution >= 4 is 18.0 Å². The van der Waals surface area contributed by atoms with Gasteiger partial charge in [0.15, 0.2) is 11.6 Å². The normalized spacial score (nSPS) is 25.2. The molecule has 0 aromatic heterocycles. The van der Waals surface area contributed by atoms with Crippen LogP contribution in [0.15, 0.2) is 53.7 Å². The molecule has 5 rings (SSSR count). The quantitative estimate of drug-likeness (QED) is 0.487. The first kappa shape index (κ1) is 28.7. The number of carbonyl (C=O) groups excluding carboxylic acids is 3. The number of benzene rings is 2. The number of amides is 4. The first-order chi connectivity index (χ1) is 19.7. The van der Waals surface area contributed by atoms with E-state index in [0.717, 1.165) is 61.9 Å². The van der Waals surface area contributed by atoms with Crippen LogP contribution in [-0.4, -0.2) is 60.1 Å². The maximum absolute atomic E-state index is 14.3. The Kier molecular flexibility index (Phi) is 8.35. The summed E-state index contributed by atoms with van der Waals surface area (Å²) in [6, 6.07) is 7.05. The molecule has 0 spiro atoms. The van der Waals surface area contributed by atoms with Gasteiger partial charge in [-0.2, -0.15) is 0 Å². The zero-order valence-corrected chi connectivity index (χ0v) is 23.0. The van der Waals surface area contributed by atoms with E-state index < -0.39 is 35.7 Å². The average molecular weight is 571 g/mol. The summed E-state index contributed by atoms with van der Waals surface area (Å²) in [5, 5.41) is 5.41. The van der Waals surface area contributed by atoms with E-state index in [9.17, 15) is 27.6 Å². The summed E-state index contributed by atoms with van der Waals surface area (Å²) < 4.78 is 47.1. The number of urea groups is 2. The number of hydrogen-bond acceptors (Lipinski definition) is 5. The van der Waals surface area contributed by atoms with E-state index in [2.05, 4.69) is 15.5 Å². The molecule has 1 unspecified atom stereocenters. The lowest BCUT2D eigenvalue weighted by molar-refractivity contribution is -0.136. The molecule has 1 aliphatic carbocycles. The Hall–Kier alpha value is -3.86. The van der Waals surface area contributed by atoms with Gasteiger partial charge in [0.25, 0.3) is 0 Å². The number of likely N-dealkylation sites (tertiary alicyclic amines) is 1. The summed E-state index contributed by atoms with van der Waals surface area (Å²) in [6.07, 6.45) is 4.25. The smallest absolute Gasteiger partial charge is 0.337 e. The second-order valence-electron chi connectivity index (χ2n) is 10.9. The minimum atomic E-state index is -1.32. The highest BCUT2D eigenvalue weighted by molar-refractivity contribution is 6.01. The van der Waals surface area contributed by atoms with E-state index in [1.165, 1.54) is 19.1 Å². The van der Waals surface area contributed by atoms with E-state index in [4.69, 9.17) is 4.74 Å². The van der Waals surface area contributed by atoms with Gasteiger partial charge >= 0.3 is 18.0 Å². The minimum absolute atomic E-state index is 0.0494. The number of methoxy groups -OCH3 is 1. The van der Waals surface area contributed by atoms with Crippen molar-refractivity contribution in [2.45, 2.75) is 63.1 Å². The second-order valence-corrected chi connectivity index (χ2v) is 10.9. The van der Waals surface area contributed by atoms with Crippen LogP contribution in [0.25, 0.3) is 0 Å². The molecule has 0 bridgehead atoms. The molecule has 2 aromatic rings. The number of nitrogens with zero attached hydrogens (tertiary/aromatic N) is 2. The summed E-state index contributed by atoms with van der Waals surface area (Å²) in [5.41, 5.74) is 0.906. The Bertz CT molecular complexity index is 1380. The van der Waals surface area contributed by atoms with Crippen LogP contribution >= 0.6 is 0 Å². The van der Waals surface area contributed by atoms with Crippen LogP contribution in [0.3, 0.4) is 0 Å². The van der Waals surface area contributed by atoms with Gasteiger partial charge in [0, 0.05) is 30.9 Å². The third-order valence-corrected chi connectivity index (χ3v) is 8.44. The van der Waals surface area contributed by atoms with Gasteiger partial charge in [-0.1, -0.05) is 24.3 Å². The number of imide groups is 1. The summed E-state index contributed by atoms with van der Waals surface area (Å²) in [5.74, 6) is -3.06. The van der Waals surface area contributed by atoms with E-state index in [0.29, 0.717) is 19.0 Å². The predicted octanol–water partition coefficient (Wildman–Crippen LogP) is 5.13. The van der Waals surface area contributed by atoms with Gasteiger partial charge in [-0.25, -0.2) is 32.5 Å². The van der Waals surface area contributed by atoms with Crippen molar-refractivity contribution < 1.29 is 32.3 Å². The van der Waals surface area contributed by atoms with Gasteiger partial charge in [-0.15, -0.1) is 0 Å². The van der Waals surface area contributed by atoms with Crippen LogP contribution in [0.5, 0.6) is 0 Å². The fraction of sp³-hybridized carbons (Fsp3) is 0.433. The van der Waals surface area contributed by atoms with E-state index in [1.807, 2.05) is 12.1 Å². The maximum atomic E-state index is 14.3. The highest BCUT2D eigenvalue weighted by Crippen LogP contribution is 2.38. The Morgan fingerprint density at radius 1 is 0.976 bits per heavy atom. The third-order valence-electron chi connectivity index (χ3n) is 8.44. The zero-order valence-electron chi connectivity index (χ0n) is 23.0. The SMILES string of the molecule is COC(=O)C1=C(C)NC(=O)N(C(=O)N[C@@H]2CCN([C@H]3CC[C@H](c4ccccc4F)CC3)C2)C1c1ccc(F)c(F)c1. The van der Waals surface area contributed by atoms with Crippen LogP contribution < -0.4 is 10.6 Å². The largest absolute Gasteiger partial charge is 0.466 e. The van der Waals surface area contributed by atoms with Gasteiger partial charge < -0.3 is 15.4 Å². The lowest BCUT2D eigenvalue weighted by Crippen LogP contribution is -2.56. The summed E-state index contributed by atoms with van der Waals surface area (Å²) in [4.78, 5) is 42.4. The molecule has 3 aliphatic rings. The summed E-state index contributed by atoms with van der Waals surface area (Å²) in [7, 11) is 1.16. The first-order valence-electron chi connectivity index (χ1n) is 13.8. The van der Waals surface area contributed by atoms with Crippen molar-refractivity contribution in [1.82, 2.24) is 20.4 Å². The van der Waals surface area contributed by atoms with Crippen LogP contribution in [-0.2, 0) is 9.53 Å². The Morgan fingerprint density at radius 2 is 1.71 bits per heavy atom. The first-order valence-corrected chi connectivity index (χ1v) is 13.8. The number of rotatable bonds is 5. The Balaban J connectivity index is 1.28. The molecule has 41 heavy (non-hydrogen) atoms. The molecular formula is C30H33F3N4O4. The molecule has 1 saturated heterocycles. The fourth-order valence-electron chi connectivity index (χ4n) is 6.36. The highest BCUT2D eigenvalue weighted by atomic mass is 19.2. The molecule has 2 aliphatic heterocycles. The van der Waals surface area contributed by atoms with Crippen molar-refractivity contribution in [2.24, 2.45) is 0 Å². The molecule has 2 N–H and O–H groups in total. The number of ether oxygens (including phenoxy) is 1. The van der Waals surface area contributed by atoms with Gasteiger partial charge in [0.2, 0.25) is 0 Å². The minimum Gasteiger partial charge on any atom is -0.466 e. The average Bonchev–Trinajstić information content (AvgIpc) is 3.42. The molecule has 0 radical (unpaired) electrons. The number of carbonyl (C=O) groups is 3. The van der Waals surface area contributed by atoms with Crippen LogP contribution in [0.4, 0.5) is 22.8 Å². The van der Waals surface area contributed by atoms with E-state index in [1.54, 1.807) is 6.07 Å². The topological polar surface area (TPSA) is 91.0 Å². The Labute approximate surface area is 236 Å². The van der Waals surface area contributed by atoms with Crippen molar-refractivity contribution in [3.05, 3.63) is 82.3 Å². The molecule has 8 nitrogen and oxygen atoms in total. The molecule has 1 saturated carbocycles. The van der Waals surface area contributed by atoms with Crippen molar-refractivity contribution in [3.8, 4) is 0 Å². The molecule has 218 valence electrons. The lowest BCUT2D eigenvalue weighted by Gasteiger charge is -2.37. The summed E-state index contributed by atoms with van der Waals surface area (Å²) >= 11 is 0. The monoisotopic (exact) mass is 570 g/mol. The zero-order chi connectivity index (χ0) is 29.3. The molecule has 2 atom stereocenters. The van der Waals surface area contributed by atoms with Crippen LogP contribution in [0, 0.1) is 17.5 Å². The maximum Gasteiger partial charge on any atom is 0.337 e. The number of halogens is 3. The standard InChI is InChI=1S/C30H33F3N4O4/c1-17-26(28(38)41-2)27(19-9-12-24(32)25(33)15-19)37(29(39)34-17)30(40)35-20-13-14-36(16-20)21-10-7-18(8-11-21)22-5-3-4-6-23(22)31/h3-6,9,12,15,18,20-21,27H,7-8,10-11,13-14,16H2,1-2H3,(H,34,39)(H,35,40)/t18-,20-,21-,27?/m1/s1. The van der Waals surface area contributed by atoms with Crippen molar-refractivity contribution in [2.75, 3.05) is 20.2 Å². The third kappa shape index (κ3) is 5.81. The van der Waals surface area contributed by atoms with Crippen molar-refractivity contribution in [1.29, 1.82) is 0 Å². The molecule has 11 heteroatoms. The lowest BCUT2D eigenvalue weighted by atomic mass is 9.81. The molecule has 2 fully saturated rings. The predicted molar refractivity (Wildman–Crippen MR) is 144 cm³/mol. The molecule has 2 aromatic carbocycles.